The Balaban J connectivity index is 1.51. The van der Waals surface area contributed by atoms with Crippen LogP contribution in [0.2, 0.25) is 0 Å². The second-order valence-electron chi connectivity index (χ2n) is 5.30. The Morgan fingerprint density at radius 2 is 1.87 bits per heavy atom. The molecule has 4 nitrogen and oxygen atoms in total. The lowest BCUT2D eigenvalue weighted by molar-refractivity contribution is -0.232. The van der Waals surface area contributed by atoms with E-state index in [1.807, 2.05) is 24.3 Å². The number of rotatable bonds is 5. The van der Waals surface area contributed by atoms with Gasteiger partial charge in [-0.05, 0) is 18.2 Å². The zero-order valence-corrected chi connectivity index (χ0v) is 12.9. The van der Waals surface area contributed by atoms with Gasteiger partial charge in [0.2, 0.25) is 0 Å². The molecule has 0 atom stereocenters. The van der Waals surface area contributed by atoms with Crippen LogP contribution >= 0.6 is 0 Å². The Morgan fingerprint density at radius 3 is 2.61 bits per heavy atom. The van der Waals surface area contributed by atoms with Gasteiger partial charge < -0.3 is 18.9 Å². The van der Waals surface area contributed by atoms with E-state index in [0.29, 0.717) is 18.8 Å². The molecule has 2 aromatic rings. The molecular weight excluding hydrogens is 299 g/mol. The topological polar surface area (TPSA) is 36.9 Å². The van der Waals surface area contributed by atoms with Crippen molar-refractivity contribution in [2.24, 2.45) is 0 Å². The average molecular weight is 318 g/mol. The maximum Gasteiger partial charge on any atom is 0.184 e. The van der Waals surface area contributed by atoms with Gasteiger partial charge in [0.25, 0.3) is 0 Å². The zero-order chi connectivity index (χ0) is 16.1. The van der Waals surface area contributed by atoms with Gasteiger partial charge in [-0.1, -0.05) is 30.3 Å². The van der Waals surface area contributed by atoms with Crippen LogP contribution in [-0.2, 0) is 20.8 Å². The third kappa shape index (κ3) is 4.07. The molecule has 2 aromatic carbocycles. The summed E-state index contributed by atoms with van der Waals surface area (Å²) >= 11 is 0. The Hall–Kier alpha value is -1.95. The summed E-state index contributed by atoms with van der Waals surface area (Å²) in [5, 5.41) is 0. The summed E-state index contributed by atoms with van der Waals surface area (Å²) in [6.45, 7) is 1.00. The predicted octanol–water partition coefficient (Wildman–Crippen LogP) is 3.47. The van der Waals surface area contributed by atoms with Gasteiger partial charge in [0.1, 0.15) is 17.7 Å². The highest BCUT2D eigenvalue weighted by atomic mass is 19.1. The molecule has 1 fully saturated rings. The van der Waals surface area contributed by atoms with Crippen LogP contribution in [0.3, 0.4) is 0 Å². The first-order valence-electron chi connectivity index (χ1n) is 7.48. The minimum absolute atomic E-state index is 0.202. The second kappa shape index (κ2) is 7.55. The van der Waals surface area contributed by atoms with Crippen LogP contribution in [0.4, 0.5) is 4.39 Å². The van der Waals surface area contributed by atoms with Gasteiger partial charge in [-0.3, -0.25) is 0 Å². The molecule has 0 N–H and O–H groups in total. The first kappa shape index (κ1) is 15.9. The predicted molar refractivity (Wildman–Crippen MR) is 82.6 cm³/mol. The molecular formula is C18H19FO4. The lowest BCUT2D eigenvalue weighted by Crippen LogP contribution is -2.33. The van der Waals surface area contributed by atoms with Crippen LogP contribution in [0, 0.1) is 5.82 Å². The monoisotopic (exact) mass is 318 g/mol. The molecule has 0 aromatic heterocycles. The Bertz CT molecular complexity index is 638. The standard InChI is InChI=1S/C18H19FO4/c1-20-15-7-4-6-13(9-15)18-22-11-16(12-23-18)21-10-14-5-2-3-8-17(14)19/h2-9,16,18H,10-12H2,1H3. The van der Waals surface area contributed by atoms with Crippen LogP contribution in [0.1, 0.15) is 17.4 Å². The van der Waals surface area contributed by atoms with Gasteiger partial charge in [0.15, 0.2) is 6.29 Å². The van der Waals surface area contributed by atoms with Crippen molar-refractivity contribution in [1.29, 1.82) is 0 Å². The molecule has 3 rings (SSSR count). The van der Waals surface area contributed by atoms with E-state index < -0.39 is 6.29 Å². The third-order valence-corrected chi connectivity index (χ3v) is 3.67. The van der Waals surface area contributed by atoms with E-state index in [1.54, 1.807) is 25.3 Å². The van der Waals surface area contributed by atoms with Gasteiger partial charge in [-0.25, -0.2) is 4.39 Å². The van der Waals surface area contributed by atoms with Crippen molar-refractivity contribution in [3.05, 3.63) is 65.5 Å². The molecule has 0 saturated carbocycles. The van der Waals surface area contributed by atoms with Crippen molar-refractivity contribution in [2.45, 2.75) is 19.0 Å². The number of halogens is 1. The number of ether oxygens (including phenoxy) is 4. The molecule has 0 aliphatic carbocycles. The zero-order valence-electron chi connectivity index (χ0n) is 12.9. The summed E-state index contributed by atoms with van der Waals surface area (Å²) in [5.74, 6) is 0.493. The van der Waals surface area contributed by atoms with Crippen molar-refractivity contribution in [3.63, 3.8) is 0 Å². The summed E-state index contributed by atoms with van der Waals surface area (Å²) < 4.78 is 35.8. The van der Waals surface area contributed by atoms with Crippen LogP contribution < -0.4 is 4.74 Å². The van der Waals surface area contributed by atoms with Crippen molar-refractivity contribution >= 4 is 0 Å². The molecule has 0 unspecified atom stereocenters. The number of methoxy groups -OCH3 is 1. The van der Waals surface area contributed by atoms with E-state index in [-0.39, 0.29) is 18.5 Å². The van der Waals surface area contributed by atoms with Crippen LogP contribution in [-0.4, -0.2) is 26.4 Å². The molecule has 1 aliphatic rings. The maximum absolute atomic E-state index is 13.5. The minimum atomic E-state index is -0.432. The lowest BCUT2D eigenvalue weighted by atomic mass is 10.2. The summed E-state index contributed by atoms with van der Waals surface area (Å²) in [7, 11) is 1.62. The highest BCUT2D eigenvalue weighted by molar-refractivity contribution is 5.29. The highest BCUT2D eigenvalue weighted by Crippen LogP contribution is 2.26. The first-order valence-corrected chi connectivity index (χ1v) is 7.48. The van der Waals surface area contributed by atoms with E-state index in [1.165, 1.54) is 6.07 Å². The van der Waals surface area contributed by atoms with E-state index in [9.17, 15) is 4.39 Å². The second-order valence-corrected chi connectivity index (χ2v) is 5.30. The molecule has 5 heteroatoms. The third-order valence-electron chi connectivity index (χ3n) is 3.67. The van der Waals surface area contributed by atoms with Gasteiger partial charge in [-0.2, -0.15) is 0 Å². The van der Waals surface area contributed by atoms with E-state index in [4.69, 9.17) is 18.9 Å². The van der Waals surface area contributed by atoms with Crippen LogP contribution in [0.15, 0.2) is 48.5 Å². The number of benzene rings is 2. The Morgan fingerprint density at radius 1 is 1.09 bits per heavy atom. The molecule has 0 spiro atoms. The van der Waals surface area contributed by atoms with Crippen molar-refractivity contribution in [3.8, 4) is 5.75 Å². The average Bonchev–Trinajstić information content (AvgIpc) is 2.61. The molecule has 122 valence electrons. The molecule has 0 bridgehead atoms. The summed E-state index contributed by atoms with van der Waals surface area (Å²) in [4.78, 5) is 0. The minimum Gasteiger partial charge on any atom is -0.497 e. The van der Waals surface area contributed by atoms with Crippen molar-refractivity contribution in [1.82, 2.24) is 0 Å². The quantitative estimate of drug-likeness (QED) is 0.846. The summed E-state index contributed by atoms with van der Waals surface area (Å²) in [6, 6.07) is 14.1. The molecule has 1 saturated heterocycles. The molecule has 23 heavy (non-hydrogen) atoms. The number of hydrogen-bond acceptors (Lipinski definition) is 4. The first-order chi connectivity index (χ1) is 11.3. The molecule has 1 aliphatic heterocycles. The van der Waals surface area contributed by atoms with Gasteiger partial charge in [0, 0.05) is 11.1 Å². The Labute approximate surface area is 134 Å². The summed E-state index contributed by atoms with van der Waals surface area (Å²) in [6.07, 6.45) is -0.644. The normalized spacial score (nSPS) is 21.1. The van der Waals surface area contributed by atoms with Gasteiger partial charge in [0.05, 0.1) is 26.9 Å². The fourth-order valence-electron chi connectivity index (χ4n) is 2.39. The van der Waals surface area contributed by atoms with Crippen molar-refractivity contribution in [2.75, 3.05) is 20.3 Å². The highest BCUT2D eigenvalue weighted by Gasteiger charge is 2.24. The smallest absolute Gasteiger partial charge is 0.184 e. The molecule has 1 heterocycles. The SMILES string of the molecule is COc1cccc(C2OCC(OCc3ccccc3F)CO2)c1. The van der Waals surface area contributed by atoms with Crippen LogP contribution in [0.5, 0.6) is 5.75 Å². The van der Waals surface area contributed by atoms with E-state index in [2.05, 4.69) is 0 Å². The molecule has 0 amide bonds. The van der Waals surface area contributed by atoms with Gasteiger partial charge >= 0.3 is 0 Å². The lowest BCUT2D eigenvalue weighted by Gasteiger charge is -2.29. The largest absolute Gasteiger partial charge is 0.497 e. The Kier molecular flexibility index (Phi) is 5.23. The number of hydrogen-bond donors (Lipinski definition) is 0. The van der Waals surface area contributed by atoms with Crippen molar-refractivity contribution < 1.29 is 23.3 Å². The van der Waals surface area contributed by atoms with Crippen LogP contribution in [0.25, 0.3) is 0 Å². The van der Waals surface area contributed by atoms with E-state index in [0.717, 1.165) is 11.3 Å². The van der Waals surface area contributed by atoms with E-state index >= 15 is 0 Å². The fourth-order valence-corrected chi connectivity index (χ4v) is 2.39. The summed E-state index contributed by atoms with van der Waals surface area (Å²) in [5.41, 5.74) is 1.43. The van der Waals surface area contributed by atoms with Gasteiger partial charge in [-0.15, -0.1) is 0 Å². The fraction of sp³-hybridized carbons (Fsp3) is 0.333. The maximum atomic E-state index is 13.5. The molecule has 0 radical (unpaired) electrons.